The van der Waals surface area contributed by atoms with Crippen molar-refractivity contribution in [2.45, 2.75) is 38.1 Å². The molecular weight excluding hydrogens is 485 g/mol. The number of benzene rings is 1. The Hall–Kier alpha value is -3.71. The van der Waals surface area contributed by atoms with Crippen molar-refractivity contribution >= 4 is 0 Å². The molecule has 0 spiro atoms. The summed E-state index contributed by atoms with van der Waals surface area (Å²) in [7, 11) is 0. The van der Waals surface area contributed by atoms with Crippen LogP contribution in [0.5, 0.6) is 5.75 Å². The molecule has 1 fully saturated rings. The topological polar surface area (TPSA) is 71.4 Å². The van der Waals surface area contributed by atoms with E-state index in [1.54, 1.807) is 0 Å². The van der Waals surface area contributed by atoms with Gasteiger partial charge in [-0.1, -0.05) is 36.4 Å². The summed E-state index contributed by atoms with van der Waals surface area (Å²) in [4.78, 5) is 2.29. The van der Waals surface area contributed by atoms with Gasteiger partial charge in [0.15, 0.2) is 5.76 Å². The molecule has 6 rings (SSSR count). The Bertz CT molecular complexity index is 1330. The lowest BCUT2D eigenvalue weighted by Crippen LogP contribution is -2.35. The predicted octanol–water partition coefficient (Wildman–Crippen LogP) is 6.41. The van der Waals surface area contributed by atoms with E-state index in [0.717, 1.165) is 42.8 Å². The number of nitrogens with zero attached hydrogens (tertiary/aromatic N) is 1. The van der Waals surface area contributed by atoms with Gasteiger partial charge in [-0.3, -0.25) is 9.29 Å². The Balaban J connectivity index is 1.18. The minimum absolute atomic E-state index is 0.0495. The van der Waals surface area contributed by atoms with E-state index in [0.29, 0.717) is 41.3 Å². The molecule has 6 nitrogen and oxygen atoms in total. The molecule has 7 heteroatoms. The number of likely N-dealkylation sites (tertiary alicyclic amines) is 1. The zero-order valence-electron chi connectivity index (χ0n) is 21.4. The van der Waals surface area contributed by atoms with E-state index in [1.807, 2.05) is 54.6 Å². The van der Waals surface area contributed by atoms with Gasteiger partial charge in [0, 0.05) is 47.6 Å². The summed E-state index contributed by atoms with van der Waals surface area (Å²) in [6.07, 6.45) is 13.6. The maximum absolute atomic E-state index is 12.9. The lowest BCUT2D eigenvalue weighted by atomic mass is 9.84. The van der Waals surface area contributed by atoms with Gasteiger partial charge in [-0.25, -0.2) is 0 Å². The minimum atomic E-state index is -0.249. The summed E-state index contributed by atoms with van der Waals surface area (Å²) in [6.45, 7) is 4.14. The number of hydrogen-bond acceptors (Lipinski definition) is 6. The molecule has 1 unspecified atom stereocenters. The SMILES string of the molecule is C[C@@H](COc1ccc(C2C=CC3=C4C(O)=COC5=C(C=CCC5)C4=C(O)OC3=C2)cc1)N1CC[C@@H](CF)C1. The van der Waals surface area contributed by atoms with Crippen LogP contribution in [0.1, 0.15) is 37.7 Å². The quantitative estimate of drug-likeness (QED) is 0.454. The molecule has 1 saturated heterocycles. The van der Waals surface area contributed by atoms with Crippen molar-refractivity contribution < 1.29 is 28.8 Å². The van der Waals surface area contributed by atoms with E-state index in [1.165, 1.54) is 6.26 Å². The highest BCUT2D eigenvalue weighted by atomic mass is 19.1. The standard InChI is InChI=1S/C31H32FNO5/c1-19(33-13-12-20(15-32)16-33)17-36-23-9-6-21(7-10-23)22-8-11-25-28(14-22)38-31(35)30-24-4-2-3-5-27(24)37-18-26(34)29(25)30/h2,4,6-11,14,18-20,22,34-35H,3,5,12-13,15-17H2,1H3/t19-,20-,22?/m0/s1. The molecule has 2 N–H and O–H groups in total. The second-order valence-corrected chi connectivity index (χ2v) is 10.4. The summed E-state index contributed by atoms with van der Waals surface area (Å²) >= 11 is 0. The van der Waals surface area contributed by atoms with E-state index < -0.39 is 0 Å². The number of alkyl halides is 1. The highest BCUT2D eigenvalue weighted by molar-refractivity contribution is 5.68. The Labute approximate surface area is 222 Å². The van der Waals surface area contributed by atoms with Gasteiger partial charge in [0.05, 0.1) is 12.2 Å². The van der Waals surface area contributed by atoms with Crippen LogP contribution < -0.4 is 4.74 Å². The van der Waals surface area contributed by atoms with Crippen molar-refractivity contribution in [1.82, 2.24) is 4.90 Å². The molecule has 1 aromatic rings. The molecule has 38 heavy (non-hydrogen) atoms. The number of aliphatic hydroxyl groups is 2. The van der Waals surface area contributed by atoms with Crippen LogP contribution in [0.4, 0.5) is 4.39 Å². The van der Waals surface area contributed by atoms with Crippen molar-refractivity contribution in [1.29, 1.82) is 0 Å². The Morgan fingerprint density at radius 1 is 1.13 bits per heavy atom. The van der Waals surface area contributed by atoms with Crippen LogP contribution in [0, 0.1) is 5.92 Å². The average molecular weight is 518 g/mol. The summed E-state index contributed by atoms with van der Waals surface area (Å²) in [6, 6.07) is 8.17. The van der Waals surface area contributed by atoms with Crippen LogP contribution in [-0.2, 0) is 9.47 Å². The van der Waals surface area contributed by atoms with Gasteiger partial charge in [0.25, 0.3) is 5.95 Å². The number of allylic oxidation sites excluding steroid dienone is 8. The van der Waals surface area contributed by atoms with Gasteiger partial charge in [-0.05, 0) is 50.1 Å². The fourth-order valence-corrected chi connectivity index (χ4v) is 5.68. The zero-order chi connectivity index (χ0) is 26.2. The number of hydrogen-bond donors (Lipinski definition) is 2. The van der Waals surface area contributed by atoms with E-state index >= 15 is 0 Å². The highest BCUT2D eigenvalue weighted by Gasteiger charge is 2.35. The third-order valence-electron chi connectivity index (χ3n) is 7.88. The van der Waals surface area contributed by atoms with Gasteiger partial charge >= 0.3 is 0 Å². The molecule has 3 heterocycles. The van der Waals surface area contributed by atoms with Crippen LogP contribution in [0.15, 0.2) is 106 Å². The van der Waals surface area contributed by atoms with Crippen LogP contribution >= 0.6 is 0 Å². The molecule has 0 radical (unpaired) electrons. The molecule has 5 aliphatic rings. The number of ether oxygens (including phenoxy) is 3. The molecular formula is C31H32FNO5. The van der Waals surface area contributed by atoms with Gasteiger partial charge in [0.1, 0.15) is 30.1 Å². The maximum Gasteiger partial charge on any atom is 0.291 e. The first-order valence-electron chi connectivity index (χ1n) is 13.3. The predicted molar refractivity (Wildman–Crippen MR) is 142 cm³/mol. The fraction of sp³-hybridized carbons (Fsp3) is 0.355. The normalized spacial score (nSPS) is 25.5. The second kappa shape index (κ2) is 10.2. The number of rotatable bonds is 6. The first kappa shape index (κ1) is 24.6. The molecule has 3 atom stereocenters. The maximum atomic E-state index is 12.9. The van der Waals surface area contributed by atoms with Gasteiger partial charge in [-0.2, -0.15) is 0 Å². The van der Waals surface area contributed by atoms with E-state index in [2.05, 4.69) is 11.8 Å². The molecule has 0 bridgehead atoms. The minimum Gasteiger partial charge on any atom is -0.504 e. The molecule has 3 aliphatic heterocycles. The van der Waals surface area contributed by atoms with E-state index in [9.17, 15) is 14.6 Å². The molecule has 0 saturated carbocycles. The summed E-state index contributed by atoms with van der Waals surface area (Å²) < 4.78 is 30.6. The Morgan fingerprint density at radius 2 is 1.97 bits per heavy atom. The summed E-state index contributed by atoms with van der Waals surface area (Å²) in [5, 5.41) is 21.7. The molecule has 0 aromatic heterocycles. The van der Waals surface area contributed by atoms with Crippen molar-refractivity contribution in [2.75, 3.05) is 26.4 Å². The monoisotopic (exact) mass is 517 g/mol. The Kier molecular flexibility index (Phi) is 6.62. The van der Waals surface area contributed by atoms with Crippen LogP contribution in [0.3, 0.4) is 0 Å². The van der Waals surface area contributed by atoms with Crippen molar-refractivity contribution in [3.63, 3.8) is 0 Å². The second-order valence-electron chi connectivity index (χ2n) is 10.4. The summed E-state index contributed by atoms with van der Waals surface area (Å²) in [5.41, 5.74) is 3.42. The lowest BCUT2D eigenvalue weighted by Gasteiger charge is -2.27. The highest BCUT2D eigenvalue weighted by Crippen LogP contribution is 2.45. The van der Waals surface area contributed by atoms with Crippen LogP contribution in [0.25, 0.3) is 0 Å². The summed E-state index contributed by atoms with van der Waals surface area (Å²) in [5.74, 6) is 1.76. The largest absolute Gasteiger partial charge is 0.504 e. The molecule has 0 amide bonds. The first-order valence-corrected chi connectivity index (χ1v) is 13.3. The van der Waals surface area contributed by atoms with Crippen LogP contribution in [0.2, 0.25) is 0 Å². The van der Waals surface area contributed by atoms with Gasteiger partial charge < -0.3 is 24.4 Å². The smallest absolute Gasteiger partial charge is 0.291 e. The van der Waals surface area contributed by atoms with Gasteiger partial charge in [0.2, 0.25) is 0 Å². The van der Waals surface area contributed by atoms with E-state index in [-0.39, 0.29) is 36.3 Å². The van der Waals surface area contributed by atoms with Crippen LogP contribution in [-0.4, -0.2) is 47.5 Å². The first-order chi connectivity index (χ1) is 18.5. The fourth-order valence-electron chi connectivity index (χ4n) is 5.68. The third kappa shape index (κ3) is 4.56. The molecule has 2 aliphatic carbocycles. The van der Waals surface area contributed by atoms with Gasteiger partial charge in [-0.15, -0.1) is 0 Å². The molecule has 198 valence electrons. The number of aliphatic hydroxyl groups excluding tert-OH is 2. The lowest BCUT2D eigenvalue weighted by molar-refractivity contribution is 0.142. The van der Waals surface area contributed by atoms with Crippen molar-refractivity contribution in [2.24, 2.45) is 5.92 Å². The Morgan fingerprint density at radius 3 is 2.76 bits per heavy atom. The average Bonchev–Trinajstić information content (AvgIpc) is 3.38. The van der Waals surface area contributed by atoms with Crippen molar-refractivity contribution in [3.05, 3.63) is 112 Å². The van der Waals surface area contributed by atoms with E-state index in [4.69, 9.17) is 14.2 Å². The zero-order valence-corrected chi connectivity index (χ0v) is 21.4. The third-order valence-corrected chi connectivity index (χ3v) is 7.88. The number of halogens is 1. The molecule has 1 aromatic carbocycles. The van der Waals surface area contributed by atoms with Crippen molar-refractivity contribution in [3.8, 4) is 5.75 Å². The number of fused-ring (bicyclic) bond motifs is 3.